The van der Waals surface area contributed by atoms with Crippen LogP contribution in [0.5, 0.6) is 0 Å². The molecule has 0 saturated carbocycles. The zero-order valence-corrected chi connectivity index (χ0v) is 20.7. The Morgan fingerprint density at radius 3 is 2.50 bits per heavy atom. The second-order valence-corrected chi connectivity index (χ2v) is 7.67. The number of hydrogen-bond donors (Lipinski definition) is 0. The van der Waals surface area contributed by atoms with Gasteiger partial charge < -0.3 is 9.55 Å². The van der Waals surface area contributed by atoms with Crippen molar-refractivity contribution in [1.82, 2.24) is 14.5 Å². The minimum Gasteiger partial charge on any atom is -0.371 e. The molecule has 0 atom stereocenters. The zero-order valence-electron chi connectivity index (χ0n) is 18.3. The summed E-state index contributed by atoms with van der Waals surface area (Å²) in [6.07, 6.45) is 6.83. The van der Waals surface area contributed by atoms with Gasteiger partial charge in [-0.1, -0.05) is 42.5 Å². The van der Waals surface area contributed by atoms with Gasteiger partial charge in [0.15, 0.2) is 0 Å². The average molecular weight is 617 g/mol. The molecule has 1 radical (unpaired) electrons. The maximum atomic E-state index is 8.78. The van der Waals surface area contributed by atoms with Gasteiger partial charge in [-0.3, -0.25) is 4.98 Å². The molecule has 1 aliphatic heterocycles. The molecule has 3 aromatic carbocycles. The Labute approximate surface area is 212 Å². The first-order chi connectivity index (χ1) is 16.3. The van der Waals surface area contributed by atoms with E-state index in [2.05, 4.69) is 50.9 Å². The van der Waals surface area contributed by atoms with Crippen molar-refractivity contribution in [1.29, 1.82) is 5.26 Å². The molecule has 34 heavy (non-hydrogen) atoms. The Morgan fingerprint density at radius 1 is 0.882 bits per heavy atom. The standard InChI is InChI=1S/C18H11N2.C11H9N2.Ir/c19-12-14-6-8-16(9-7-14)18-11-10-17(13-20-18)15-4-2-1-3-5-15;1-2-4-10-9(3-1)5-7-13-8-6-12-11(10)13;/h1-8,10-11,13H;1-3,6,8H,5,7H2;/q2*-1;. The summed E-state index contributed by atoms with van der Waals surface area (Å²) in [7, 11) is 0. The molecule has 0 unspecified atom stereocenters. The van der Waals surface area contributed by atoms with Crippen LogP contribution in [0.15, 0.2) is 97.5 Å². The van der Waals surface area contributed by atoms with E-state index in [0.29, 0.717) is 5.56 Å². The normalized spacial score (nSPS) is 11.0. The number of nitrogens with zero attached hydrogens (tertiary/aromatic N) is 4. The van der Waals surface area contributed by atoms with Crippen LogP contribution in [0.1, 0.15) is 11.1 Å². The van der Waals surface area contributed by atoms with Gasteiger partial charge in [-0.05, 0) is 28.8 Å². The zero-order chi connectivity index (χ0) is 22.5. The van der Waals surface area contributed by atoms with Gasteiger partial charge in [-0.25, -0.2) is 5.26 Å². The number of pyridine rings is 1. The van der Waals surface area contributed by atoms with E-state index < -0.39 is 0 Å². The van der Waals surface area contributed by atoms with Crippen LogP contribution in [0.4, 0.5) is 0 Å². The van der Waals surface area contributed by atoms with E-state index in [1.807, 2.05) is 67.1 Å². The van der Waals surface area contributed by atoms with Crippen LogP contribution in [0, 0.1) is 23.5 Å². The average Bonchev–Trinajstić information content (AvgIpc) is 3.40. The van der Waals surface area contributed by atoms with Gasteiger partial charge >= 0.3 is 0 Å². The fraction of sp³-hybridized carbons (Fsp3) is 0.0690. The molecule has 0 N–H and O–H groups in total. The van der Waals surface area contributed by atoms with Crippen LogP contribution in [-0.4, -0.2) is 14.5 Å². The molecular formula is C29H20IrN4-2. The summed E-state index contributed by atoms with van der Waals surface area (Å²) < 4.78 is 2.18. The van der Waals surface area contributed by atoms with Crippen molar-refractivity contribution in [3.05, 3.63) is 121 Å². The Bertz CT molecular complexity index is 1400. The molecular weight excluding hydrogens is 597 g/mol. The van der Waals surface area contributed by atoms with Gasteiger partial charge in [-0.15, -0.1) is 65.2 Å². The van der Waals surface area contributed by atoms with Crippen LogP contribution in [0.3, 0.4) is 0 Å². The van der Waals surface area contributed by atoms with Crippen molar-refractivity contribution in [2.45, 2.75) is 13.0 Å². The molecule has 5 aromatic rings. The van der Waals surface area contributed by atoms with Crippen LogP contribution in [0.2, 0.25) is 0 Å². The van der Waals surface area contributed by atoms with E-state index >= 15 is 0 Å². The smallest absolute Gasteiger partial charge is 0.0560 e. The molecule has 3 heterocycles. The second kappa shape index (κ2) is 10.9. The van der Waals surface area contributed by atoms with Crippen LogP contribution in [0.25, 0.3) is 33.8 Å². The number of benzene rings is 3. The molecule has 167 valence electrons. The molecule has 1 aliphatic rings. The molecule has 6 rings (SSSR count). The van der Waals surface area contributed by atoms with E-state index in [1.165, 1.54) is 11.1 Å². The second-order valence-electron chi connectivity index (χ2n) is 7.67. The molecule has 0 spiro atoms. The number of hydrogen-bond acceptors (Lipinski definition) is 3. The number of aryl methyl sites for hydroxylation is 2. The van der Waals surface area contributed by atoms with Crippen molar-refractivity contribution in [3.8, 4) is 39.8 Å². The van der Waals surface area contributed by atoms with Crippen molar-refractivity contribution < 1.29 is 20.1 Å². The first-order valence-corrected chi connectivity index (χ1v) is 10.8. The Kier molecular flexibility index (Phi) is 7.44. The maximum absolute atomic E-state index is 8.78. The summed E-state index contributed by atoms with van der Waals surface area (Å²) in [5.41, 5.74) is 7.12. The maximum Gasteiger partial charge on any atom is 0.0560 e. The third kappa shape index (κ3) is 5.05. The van der Waals surface area contributed by atoms with Crippen molar-refractivity contribution >= 4 is 0 Å². The van der Waals surface area contributed by atoms with E-state index in [-0.39, 0.29) is 20.1 Å². The van der Waals surface area contributed by atoms with Crippen molar-refractivity contribution in [2.24, 2.45) is 0 Å². The summed E-state index contributed by atoms with van der Waals surface area (Å²) >= 11 is 0. The molecule has 5 heteroatoms. The monoisotopic (exact) mass is 617 g/mol. The minimum atomic E-state index is 0. The number of imidazole rings is 1. The third-order valence-electron chi connectivity index (χ3n) is 5.59. The van der Waals surface area contributed by atoms with Gasteiger partial charge in [0.2, 0.25) is 0 Å². The summed E-state index contributed by atoms with van der Waals surface area (Å²) in [4.78, 5) is 8.80. The first-order valence-electron chi connectivity index (χ1n) is 10.8. The summed E-state index contributed by atoms with van der Waals surface area (Å²) in [6.45, 7) is 1.04. The van der Waals surface area contributed by atoms with E-state index in [1.54, 1.807) is 12.1 Å². The third-order valence-corrected chi connectivity index (χ3v) is 5.59. The molecule has 2 aromatic heterocycles. The van der Waals surface area contributed by atoms with Crippen molar-refractivity contribution in [3.63, 3.8) is 0 Å². The Morgan fingerprint density at radius 2 is 1.76 bits per heavy atom. The molecule has 0 bridgehead atoms. The SMILES string of the molecule is N#Cc1c[c-]c(-c2ccc(-c3ccccc3)cn2)cc1.[Ir].[c-]1cccc2c1-c1nccn1CC2. The van der Waals surface area contributed by atoms with E-state index in [9.17, 15) is 0 Å². The molecule has 0 amide bonds. The van der Waals surface area contributed by atoms with E-state index in [4.69, 9.17) is 5.26 Å². The summed E-state index contributed by atoms with van der Waals surface area (Å²) in [5, 5.41) is 8.78. The van der Waals surface area contributed by atoms with Gasteiger partial charge in [0, 0.05) is 51.3 Å². The van der Waals surface area contributed by atoms with Crippen LogP contribution >= 0.6 is 0 Å². The first kappa shape index (κ1) is 23.3. The number of aromatic nitrogens is 3. The summed E-state index contributed by atoms with van der Waals surface area (Å²) in [5.74, 6) is 1.06. The van der Waals surface area contributed by atoms with Gasteiger partial charge in [0.25, 0.3) is 0 Å². The fourth-order valence-corrected chi connectivity index (χ4v) is 3.86. The predicted molar refractivity (Wildman–Crippen MR) is 129 cm³/mol. The summed E-state index contributed by atoms with van der Waals surface area (Å²) in [6, 6.07) is 34.0. The quantitative estimate of drug-likeness (QED) is 0.229. The van der Waals surface area contributed by atoms with Crippen LogP contribution < -0.4 is 0 Å². The molecule has 0 aliphatic carbocycles. The van der Waals surface area contributed by atoms with Crippen molar-refractivity contribution in [2.75, 3.05) is 0 Å². The largest absolute Gasteiger partial charge is 0.371 e. The van der Waals surface area contributed by atoms with Gasteiger partial charge in [0.05, 0.1) is 5.82 Å². The molecule has 4 nitrogen and oxygen atoms in total. The van der Waals surface area contributed by atoms with Crippen LogP contribution in [-0.2, 0) is 33.1 Å². The molecule has 0 fully saturated rings. The van der Waals surface area contributed by atoms with E-state index in [0.717, 1.165) is 41.2 Å². The number of nitriles is 1. The van der Waals surface area contributed by atoms with Gasteiger partial charge in [0.1, 0.15) is 0 Å². The predicted octanol–water partition coefficient (Wildman–Crippen LogP) is 5.99. The fourth-order valence-electron chi connectivity index (χ4n) is 3.86. The minimum absolute atomic E-state index is 0. The number of rotatable bonds is 2. The van der Waals surface area contributed by atoms with Gasteiger partial charge in [-0.2, -0.15) is 0 Å². The molecule has 0 saturated heterocycles. The topological polar surface area (TPSA) is 54.5 Å². The number of fused-ring (bicyclic) bond motifs is 3. The Balaban J connectivity index is 0.000000169. The Hall–Kier alpha value is -3.84.